The first-order chi connectivity index (χ1) is 5.68. The molecular weight excluding hydrogens is 176 g/mol. The number of carboxylic acid groups (broad SMARTS) is 1. The molecule has 4 N–H and O–H groups in total. The summed E-state index contributed by atoms with van der Waals surface area (Å²) in [5, 5.41) is 11.5. The van der Waals surface area contributed by atoms with Gasteiger partial charge in [0, 0.05) is 6.04 Å². The molecule has 1 aliphatic heterocycles. The predicted molar refractivity (Wildman–Crippen MR) is 49.1 cm³/mol. The molecule has 1 saturated heterocycles. The van der Waals surface area contributed by atoms with Crippen molar-refractivity contribution in [3.63, 3.8) is 0 Å². The molecule has 4 nitrogen and oxygen atoms in total. The summed E-state index contributed by atoms with van der Waals surface area (Å²) in [6, 6.07) is 0.289. The molecule has 1 fully saturated rings. The number of carbonyl (C=O) groups is 1. The minimum Gasteiger partial charge on any atom is -0.480 e. The minimum absolute atomic E-state index is 0.0437. The summed E-state index contributed by atoms with van der Waals surface area (Å²) < 4.78 is 0. The van der Waals surface area contributed by atoms with Crippen LogP contribution in [-0.4, -0.2) is 34.8 Å². The van der Waals surface area contributed by atoms with Crippen LogP contribution in [0.5, 0.6) is 0 Å². The fraction of sp³-hybridized carbons (Fsp3) is 0.857. The Hall–Kier alpha value is -0.260. The van der Waals surface area contributed by atoms with Gasteiger partial charge >= 0.3 is 5.97 Å². The first-order valence-electron chi connectivity index (χ1n) is 4.01. The largest absolute Gasteiger partial charge is 0.480 e. The molecule has 0 aromatic carbocycles. The number of hydrogen-bond donors (Lipinski definition) is 3. The Morgan fingerprint density at radius 3 is 3.08 bits per heavy atom. The van der Waals surface area contributed by atoms with E-state index in [0.29, 0.717) is 0 Å². The highest BCUT2D eigenvalue weighted by atomic mass is 32.2. The lowest BCUT2D eigenvalue weighted by Crippen LogP contribution is -2.40. The van der Waals surface area contributed by atoms with Crippen molar-refractivity contribution in [1.82, 2.24) is 5.32 Å². The van der Waals surface area contributed by atoms with Crippen LogP contribution in [0.25, 0.3) is 0 Å². The number of hydrogen-bond acceptors (Lipinski definition) is 4. The molecule has 2 atom stereocenters. The highest BCUT2D eigenvalue weighted by Gasteiger charge is 2.19. The smallest absolute Gasteiger partial charge is 0.317 e. The molecule has 0 aromatic rings. The van der Waals surface area contributed by atoms with E-state index in [4.69, 9.17) is 10.8 Å². The van der Waals surface area contributed by atoms with E-state index in [0.717, 1.165) is 18.6 Å². The van der Waals surface area contributed by atoms with Crippen LogP contribution >= 0.6 is 11.8 Å². The van der Waals surface area contributed by atoms with Crippen molar-refractivity contribution in [2.24, 2.45) is 5.73 Å². The van der Waals surface area contributed by atoms with E-state index < -0.39 is 5.97 Å². The molecule has 0 bridgehead atoms. The number of rotatable bonds is 3. The second-order valence-corrected chi connectivity index (χ2v) is 4.25. The number of carboxylic acids is 1. The summed E-state index contributed by atoms with van der Waals surface area (Å²) in [4.78, 5) is 10.2. The van der Waals surface area contributed by atoms with Crippen LogP contribution in [0, 0.1) is 0 Å². The predicted octanol–water partition coefficient (Wildman–Crippen LogP) is -0.159. The van der Waals surface area contributed by atoms with E-state index in [9.17, 15) is 4.79 Å². The zero-order valence-corrected chi connectivity index (χ0v) is 7.64. The highest BCUT2D eigenvalue weighted by Crippen LogP contribution is 2.21. The van der Waals surface area contributed by atoms with Gasteiger partial charge in [0.05, 0.1) is 11.9 Å². The molecule has 0 radical (unpaired) electrons. The summed E-state index contributed by atoms with van der Waals surface area (Å²) in [6.45, 7) is 0.0437. The SMILES string of the molecule is NC1CC(NCC(=O)O)CCS1. The van der Waals surface area contributed by atoms with Crippen molar-refractivity contribution in [3.05, 3.63) is 0 Å². The fourth-order valence-electron chi connectivity index (χ4n) is 1.25. The van der Waals surface area contributed by atoms with Gasteiger partial charge in [0.25, 0.3) is 0 Å². The van der Waals surface area contributed by atoms with Crippen LogP contribution in [0.4, 0.5) is 0 Å². The Bertz CT molecular complexity index is 165. The summed E-state index contributed by atoms with van der Waals surface area (Å²) in [5.41, 5.74) is 5.71. The van der Waals surface area contributed by atoms with Crippen molar-refractivity contribution < 1.29 is 9.90 Å². The molecule has 1 aliphatic rings. The molecule has 2 unspecified atom stereocenters. The third kappa shape index (κ3) is 3.42. The van der Waals surface area contributed by atoms with Gasteiger partial charge < -0.3 is 16.2 Å². The van der Waals surface area contributed by atoms with E-state index >= 15 is 0 Å². The van der Waals surface area contributed by atoms with E-state index in [1.54, 1.807) is 11.8 Å². The average Bonchev–Trinajstić information content (AvgIpc) is 2.01. The molecule has 70 valence electrons. The number of aliphatic carboxylic acids is 1. The van der Waals surface area contributed by atoms with Gasteiger partial charge in [-0.15, -0.1) is 11.8 Å². The Morgan fingerprint density at radius 2 is 2.50 bits per heavy atom. The molecule has 0 saturated carbocycles. The van der Waals surface area contributed by atoms with Gasteiger partial charge in [0.1, 0.15) is 0 Å². The summed E-state index contributed by atoms with van der Waals surface area (Å²) >= 11 is 1.75. The zero-order valence-electron chi connectivity index (χ0n) is 6.82. The van der Waals surface area contributed by atoms with Gasteiger partial charge in [-0.2, -0.15) is 0 Å². The van der Waals surface area contributed by atoms with Gasteiger partial charge in [-0.3, -0.25) is 4.79 Å². The van der Waals surface area contributed by atoms with E-state index in [-0.39, 0.29) is 18.0 Å². The van der Waals surface area contributed by atoms with Crippen LogP contribution in [0.1, 0.15) is 12.8 Å². The zero-order chi connectivity index (χ0) is 8.97. The van der Waals surface area contributed by atoms with Crippen LogP contribution in [0.15, 0.2) is 0 Å². The normalized spacial score (nSPS) is 30.1. The molecule has 0 aliphatic carbocycles. The van der Waals surface area contributed by atoms with Crippen LogP contribution in [0.2, 0.25) is 0 Å². The molecular formula is C7H14N2O2S. The van der Waals surface area contributed by atoms with E-state index in [2.05, 4.69) is 5.32 Å². The molecule has 1 heterocycles. The number of nitrogens with one attached hydrogen (secondary N) is 1. The molecule has 1 rings (SSSR count). The Labute approximate surface area is 75.9 Å². The molecule has 0 spiro atoms. The fourth-order valence-corrected chi connectivity index (χ4v) is 2.34. The first kappa shape index (κ1) is 9.83. The maximum Gasteiger partial charge on any atom is 0.317 e. The summed E-state index contributed by atoms with van der Waals surface area (Å²) in [7, 11) is 0. The monoisotopic (exact) mass is 190 g/mol. The third-order valence-electron chi connectivity index (χ3n) is 1.86. The third-order valence-corrected chi connectivity index (χ3v) is 2.95. The van der Waals surface area contributed by atoms with Crippen molar-refractivity contribution in [3.8, 4) is 0 Å². The molecule has 5 heteroatoms. The maximum atomic E-state index is 10.2. The first-order valence-corrected chi connectivity index (χ1v) is 5.05. The van der Waals surface area contributed by atoms with Crippen molar-refractivity contribution in [2.45, 2.75) is 24.3 Å². The lowest BCUT2D eigenvalue weighted by Gasteiger charge is -2.26. The topological polar surface area (TPSA) is 75.3 Å². The second kappa shape index (κ2) is 4.69. The molecule has 0 amide bonds. The number of thioether (sulfide) groups is 1. The molecule has 12 heavy (non-hydrogen) atoms. The van der Waals surface area contributed by atoms with Crippen LogP contribution in [-0.2, 0) is 4.79 Å². The lowest BCUT2D eigenvalue weighted by atomic mass is 10.1. The van der Waals surface area contributed by atoms with Gasteiger partial charge in [-0.1, -0.05) is 0 Å². The van der Waals surface area contributed by atoms with E-state index in [1.165, 1.54) is 0 Å². The van der Waals surface area contributed by atoms with Gasteiger partial charge in [-0.05, 0) is 18.6 Å². The lowest BCUT2D eigenvalue weighted by molar-refractivity contribution is -0.136. The number of nitrogens with two attached hydrogens (primary N) is 1. The summed E-state index contributed by atoms with van der Waals surface area (Å²) in [5.74, 6) is 0.222. The maximum absolute atomic E-state index is 10.2. The molecule has 0 aromatic heterocycles. The van der Waals surface area contributed by atoms with Crippen LogP contribution in [0.3, 0.4) is 0 Å². The average molecular weight is 190 g/mol. The van der Waals surface area contributed by atoms with E-state index in [1.807, 2.05) is 0 Å². The second-order valence-electron chi connectivity index (χ2n) is 2.91. The van der Waals surface area contributed by atoms with Gasteiger partial charge in [-0.25, -0.2) is 0 Å². The Balaban J connectivity index is 2.18. The van der Waals surface area contributed by atoms with Crippen molar-refractivity contribution >= 4 is 17.7 Å². The van der Waals surface area contributed by atoms with Crippen molar-refractivity contribution in [1.29, 1.82) is 0 Å². The standard InChI is InChI=1S/C7H14N2O2S/c8-6-3-5(1-2-12-6)9-4-7(10)11/h5-6,9H,1-4,8H2,(H,10,11). The van der Waals surface area contributed by atoms with Gasteiger partial charge in [0.15, 0.2) is 0 Å². The highest BCUT2D eigenvalue weighted by molar-refractivity contribution is 7.99. The Morgan fingerprint density at radius 1 is 1.75 bits per heavy atom. The van der Waals surface area contributed by atoms with Crippen LogP contribution < -0.4 is 11.1 Å². The quantitative estimate of drug-likeness (QED) is 0.576. The van der Waals surface area contributed by atoms with Gasteiger partial charge in [0.2, 0.25) is 0 Å². The minimum atomic E-state index is -0.804. The summed E-state index contributed by atoms with van der Waals surface area (Å²) in [6.07, 6.45) is 1.89. The van der Waals surface area contributed by atoms with Crippen molar-refractivity contribution in [2.75, 3.05) is 12.3 Å². The Kier molecular flexibility index (Phi) is 3.84.